The van der Waals surface area contributed by atoms with E-state index in [-0.39, 0.29) is 11.8 Å². The Labute approximate surface area is 180 Å². The van der Waals surface area contributed by atoms with Crippen LogP contribution < -0.4 is 4.74 Å². The first-order chi connectivity index (χ1) is 15.3. The second kappa shape index (κ2) is 7.10. The fourth-order valence-corrected chi connectivity index (χ4v) is 4.50. The number of fused-ring (bicyclic) bond motifs is 4. The van der Waals surface area contributed by atoms with Gasteiger partial charge in [-0.2, -0.15) is 5.10 Å². The van der Waals surface area contributed by atoms with E-state index in [4.69, 9.17) is 9.84 Å². The normalized spacial score (nSPS) is 19.4. The van der Waals surface area contributed by atoms with E-state index in [0.29, 0.717) is 5.56 Å². The summed E-state index contributed by atoms with van der Waals surface area (Å²) in [6.45, 7) is 0. The van der Waals surface area contributed by atoms with Crippen LogP contribution in [-0.2, 0) is 0 Å². The Balaban J connectivity index is 1.43. The molecule has 150 valence electrons. The molecule has 31 heavy (non-hydrogen) atoms. The highest BCUT2D eigenvalue weighted by Gasteiger charge is 2.43. The van der Waals surface area contributed by atoms with Gasteiger partial charge in [0, 0.05) is 17.5 Å². The fraction of sp³-hybridized carbons (Fsp3) is 0.111. The van der Waals surface area contributed by atoms with Crippen molar-refractivity contribution in [1.82, 2.24) is 5.01 Å². The Bertz CT molecular complexity index is 1330. The van der Waals surface area contributed by atoms with Crippen molar-refractivity contribution in [2.24, 2.45) is 5.10 Å². The molecule has 0 aromatic heterocycles. The van der Waals surface area contributed by atoms with Crippen LogP contribution in [0.2, 0.25) is 0 Å². The molecular formula is C27H20N2O2. The summed E-state index contributed by atoms with van der Waals surface area (Å²) in [6, 6.07) is 31.9. The van der Waals surface area contributed by atoms with Crippen molar-refractivity contribution in [2.45, 2.75) is 18.7 Å². The first-order valence-corrected chi connectivity index (χ1v) is 10.5. The third-order valence-electron chi connectivity index (χ3n) is 6.06. The van der Waals surface area contributed by atoms with Crippen molar-refractivity contribution in [3.63, 3.8) is 0 Å². The first-order valence-electron chi connectivity index (χ1n) is 10.5. The van der Waals surface area contributed by atoms with Crippen LogP contribution in [0.25, 0.3) is 10.8 Å². The van der Waals surface area contributed by atoms with Gasteiger partial charge < -0.3 is 4.74 Å². The lowest BCUT2D eigenvalue weighted by atomic mass is 9.95. The molecular weight excluding hydrogens is 384 g/mol. The number of ketones is 1. The fourth-order valence-electron chi connectivity index (χ4n) is 4.50. The highest BCUT2D eigenvalue weighted by molar-refractivity contribution is 6.05. The maximum Gasteiger partial charge on any atom is 0.251 e. The van der Waals surface area contributed by atoms with Crippen LogP contribution in [0.5, 0.6) is 5.75 Å². The molecule has 2 aliphatic heterocycles. The second-order valence-corrected chi connectivity index (χ2v) is 7.95. The molecule has 0 fully saturated rings. The number of Topliss-reactive ketones (excluding diaryl/α,β-unsaturated/α-hetero) is 1. The second-order valence-electron chi connectivity index (χ2n) is 7.95. The minimum Gasteiger partial charge on any atom is -0.461 e. The Kier molecular flexibility index (Phi) is 4.10. The van der Waals surface area contributed by atoms with Gasteiger partial charge in [-0.3, -0.25) is 4.79 Å². The number of carbonyl (C=O) groups excluding carboxylic acids is 1. The van der Waals surface area contributed by atoms with E-state index in [2.05, 4.69) is 36.4 Å². The van der Waals surface area contributed by atoms with Crippen LogP contribution in [0.1, 0.15) is 33.9 Å². The molecule has 2 aliphatic rings. The van der Waals surface area contributed by atoms with Crippen LogP contribution in [-0.4, -0.2) is 22.7 Å². The first kappa shape index (κ1) is 17.9. The van der Waals surface area contributed by atoms with E-state index in [1.165, 1.54) is 10.8 Å². The lowest BCUT2D eigenvalue weighted by Crippen LogP contribution is -2.45. The number of benzene rings is 4. The highest BCUT2D eigenvalue weighted by Crippen LogP contribution is 2.43. The number of carbonyl (C=O) groups is 1. The average Bonchev–Trinajstić information content (AvgIpc) is 3.29. The molecule has 4 nitrogen and oxygen atoms in total. The molecule has 0 N–H and O–H groups in total. The summed E-state index contributed by atoms with van der Waals surface area (Å²) in [5.74, 6) is 0.677. The van der Waals surface area contributed by atoms with Crippen LogP contribution in [0, 0.1) is 0 Å². The minimum absolute atomic E-state index is 0.0240. The molecule has 0 radical (unpaired) electrons. The zero-order valence-corrected chi connectivity index (χ0v) is 16.8. The monoisotopic (exact) mass is 404 g/mol. The van der Waals surface area contributed by atoms with Crippen LogP contribution in [0.3, 0.4) is 0 Å². The SMILES string of the molecule is O=C(c1ccccc1)C1Oc2ccccc2C2CC(c3ccc4ccccc4c3)=NN12. The number of ether oxygens (including phenoxy) is 1. The molecule has 0 aliphatic carbocycles. The Hall–Kier alpha value is -3.92. The Morgan fingerprint density at radius 2 is 1.58 bits per heavy atom. The molecule has 0 amide bonds. The van der Waals surface area contributed by atoms with Crippen LogP contribution in [0.15, 0.2) is 102 Å². The highest BCUT2D eigenvalue weighted by atomic mass is 16.5. The van der Waals surface area contributed by atoms with E-state index in [0.717, 1.165) is 29.0 Å². The van der Waals surface area contributed by atoms with Crippen molar-refractivity contribution in [2.75, 3.05) is 0 Å². The van der Waals surface area contributed by atoms with Gasteiger partial charge in [0.25, 0.3) is 6.23 Å². The summed E-state index contributed by atoms with van der Waals surface area (Å²) in [5.41, 5.74) is 3.75. The van der Waals surface area contributed by atoms with Gasteiger partial charge in [-0.1, -0.05) is 84.9 Å². The molecule has 4 aromatic carbocycles. The molecule has 4 aromatic rings. The average molecular weight is 404 g/mol. The molecule has 4 heteroatoms. The van der Waals surface area contributed by atoms with Gasteiger partial charge in [-0.15, -0.1) is 0 Å². The van der Waals surface area contributed by atoms with Crippen molar-refractivity contribution >= 4 is 22.3 Å². The van der Waals surface area contributed by atoms with E-state index in [9.17, 15) is 4.79 Å². The summed E-state index contributed by atoms with van der Waals surface area (Å²) in [4.78, 5) is 13.3. The summed E-state index contributed by atoms with van der Waals surface area (Å²) in [7, 11) is 0. The predicted octanol–water partition coefficient (Wildman–Crippen LogP) is 5.59. The van der Waals surface area contributed by atoms with Gasteiger partial charge in [-0.05, 0) is 28.5 Å². The van der Waals surface area contributed by atoms with Crippen molar-refractivity contribution in [3.05, 3.63) is 114 Å². The van der Waals surface area contributed by atoms with Gasteiger partial charge >= 0.3 is 0 Å². The van der Waals surface area contributed by atoms with E-state index < -0.39 is 6.23 Å². The van der Waals surface area contributed by atoms with E-state index in [1.807, 2.05) is 65.7 Å². The Morgan fingerprint density at radius 1 is 0.839 bits per heavy atom. The minimum atomic E-state index is -0.778. The third-order valence-corrected chi connectivity index (χ3v) is 6.06. The number of para-hydroxylation sites is 1. The Morgan fingerprint density at radius 3 is 2.45 bits per heavy atom. The number of hydrazone groups is 1. The maximum absolute atomic E-state index is 13.3. The zero-order chi connectivity index (χ0) is 20.8. The predicted molar refractivity (Wildman–Crippen MR) is 121 cm³/mol. The van der Waals surface area contributed by atoms with Crippen LogP contribution >= 0.6 is 0 Å². The van der Waals surface area contributed by atoms with Crippen molar-refractivity contribution in [1.29, 1.82) is 0 Å². The molecule has 0 saturated carbocycles. The topological polar surface area (TPSA) is 41.9 Å². The van der Waals surface area contributed by atoms with Crippen molar-refractivity contribution < 1.29 is 9.53 Å². The summed E-state index contributed by atoms with van der Waals surface area (Å²) < 4.78 is 6.19. The van der Waals surface area contributed by atoms with Gasteiger partial charge in [0.1, 0.15) is 5.75 Å². The lowest BCUT2D eigenvalue weighted by molar-refractivity contribution is -0.00455. The van der Waals surface area contributed by atoms with E-state index in [1.54, 1.807) is 0 Å². The van der Waals surface area contributed by atoms with Gasteiger partial charge in [0.15, 0.2) is 0 Å². The number of rotatable bonds is 3. The molecule has 6 rings (SSSR count). The van der Waals surface area contributed by atoms with Gasteiger partial charge in [-0.25, -0.2) is 5.01 Å². The molecule has 0 saturated heterocycles. The summed E-state index contributed by atoms with van der Waals surface area (Å²) in [6.07, 6.45) is -0.0441. The quantitative estimate of drug-likeness (QED) is 0.418. The molecule has 2 heterocycles. The van der Waals surface area contributed by atoms with Crippen molar-refractivity contribution in [3.8, 4) is 5.75 Å². The smallest absolute Gasteiger partial charge is 0.251 e. The van der Waals surface area contributed by atoms with Gasteiger partial charge in [0.05, 0.1) is 11.8 Å². The standard InChI is InChI=1S/C27H20N2O2/c30-26(19-9-2-1-3-10-19)27-29-24(22-12-6-7-13-25(22)31-27)17-23(28-29)21-15-14-18-8-4-5-11-20(18)16-21/h1-16,24,27H,17H2. The lowest BCUT2D eigenvalue weighted by Gasteiger charge is -2.37. The van der Waals surface area contributed by atoms with Crippen LogP contribution in [0.4, 0.5) is 0 Å². The third kappa shape index (κ3) is 2.99. The van der Waals surface area contributed by atoms with E-state index >= 15 is 0 Å². The summed E-state index contributed by atoms with van der Waals surface area (Å²) >= 11 is 0. The number of hydrogen-bond donors (Lipinski definition) is 0. The number of nitrogens with zero attached hydrogens (tertiary/aromatic N) is 2. The number of hydrogen-bond acceptors (Lipinski definition) is 4. The molecule has 0 bridgehead atoms. The van der Waals surface area contributed by atoms with Gasteiger partial charge in [0.2, 0.25) is 5.78 Å². The molecule has 2 atom stereocenters. The summed E-state index contributed by atoms with van der Waals surface area (Å²) in [5, 5.41) is 9.15. The zero-order valence-electron chi connectivity index (χ0n) is 16.8. The largest absolute Gasteiger partial charge is 0.461 e. The maximum atomic E-state index is 13.3. The molecule has 0 spiro atoms. The molecule has 2 unspecified atom stereocenters.